The van der Waals surface area contributed by atoms with Gasteiger partial charge in [-0.05, 0) is 57.9 Å². The minimum atomic E-state index is 0.201. The van der Waals surface area contributed by atoms with Crippen LogP contribution in [0.4, 0.5) is 0 Å². The van der Waals surface area contributed by atoms with E-state index in [2.05, 4.69) is 27.2 Å². The molecule has 1 aliphatic heterocycles. The van der Waals surface area contributed by atoms with Crippen LogP contribution in [0, 0.1) is 25.7 Å². The third-order valence-electron chi connectivity index (χ3n) is 5.82. The second kappa shape index (κ2) is 8.30. The van der Waals surface area contributed by atoms with Crippen molar-refractivity contribution in [2.24, 2.45) is 11.8 Å². The maximum atomic E-state index is 12.5. The lowest BCUT2D eigenvalue weighted by Crippen LogP contribution is -2.48. The number of likely N-dealkylation sites (tertiary alicyclic amines) is 1. The topological polar surface area (TPSA) is 63.1 Å². The molecule has 6 heteroatoms. The van der Waals surface area contributed by atoms with Crippen LogP contribution < -0.4 is 5.32 Å². The minimum absolute atomic E-state index is 0.201. The van der Waals surface area contributed by atoms with E-state index < -0.39 is 0 Å². The molecule has 140 valence electrons. The molecule has 2 aliphatic rings. The zero-order chi connectivity index (χ0) is 17.8. The van der Waals surface area contributed by atoms with Crippen LogP contribution >= 0.6 is 0 Å². The fourth-order valence-corrected chi connectivity index (χ4v) is 4.41. The molecule has 25 heavy (non-hydrogen) atoms. The third kappa shape index (κ3) is 5.03. The maximum Gasteiger partial charge on any atom is 0.234 e. The molecule has 3 atom stereocenters. The van der Waals surface area contributed by atoms with Gasteiger partial charge in [-0.1, -0.05) is 19.8 Å². The molecule has 0 radical (unpaired) electrons. The van der Waals surface area contributed by atoms with Crippen molar-refractivity contribution in [3.63, 3.8) is 0 Å². The van der Waals surface area contributed by atoms with Gasteiger partial charge in [0.15, 0.2) is 0 Å². The van der Waals surface area contributed by atoms with E-state index in [1.165, 1.54) is 25.7 Å². The number of rotatable bonds is 5. The first-order valence-electron chi connectivity index (χ1n) is 9.91. The summed E-state index contributed by atoms with van der Waals surface area (Å²) in [7, 11) is 0. The standard InChI is InChI=1S/C19H33N5O/c1-14-7-4-5-9-18(14)21-19(25)13-23-10-6-8-17(11-23)12-24-16(3)20-15(2)22-24/h14,17-18H,4-13H2,1-3H3,(H,21,25)/t14-,17-,18-/m1/s1. The first-order valence-corrected chi connectivity index (χ1v) is 9.91. The third-order valence-corrected chi connectivity index (χ3v) is 5.82. The van der Waals surface area contributed by atoms with Gasteiger partial charge in [0.2, 0.25) is 5.91 Å². The molecule has 0 unspecified atom stereocenters. The van der Waals surface area contributed by atoms with Gasteiger partial charge < -0.3 is 5.32 Å². The van der Waals surface area contributed by atoms with E-state index in [4.69, 9.17) is 0 Å². The van der Waals surface area contributed by atoms with E-state index in [1.807, 2.05) is 18.5 Å². The molecule has 0 aromatic carbocycles. The number of aryl methyl sites for hydroxylation is 2. The molecule has 3 rings (SSSR count). The molecule has 1 aromatic rings. The van der Waals surface area contributed by atoms with Gasteiger partial charge in [0.25, 0.3) is 0 Å². The fourth-order valence-electron chi connectivity index (χ4n) is 4.41. The largest absolute Gasteiger partial charge is 0.352 e. The van der Waals surface area contributed by atoms with Crippen molar-refractivity contribution in [2.45, 2.75) is 71.9 Å². The molecular weight excluding hydrogens is 314 g/mol. The molecular formula is C19H33N5O. The summed E-state index contributed by atoms with van der Waals surface area (Å²) in [5.74, 6) is 3.19. The van der Waals surface area contributed by atoms with Crippen molar-refractivity contribution in [1.82, 2.24) is 25.0 Å². The predicted molar refractivity (Wildman–Crippen MR) is 98.2 cm³/mol. The van der Waals surface area contributed by atoms with Crippen LogP contribution in [-0.2, 0) is 11.3 Å². The Balaban J connectivity index is 1.47. The molecule has 1 saturated carbocycles. The number of hydrogen-bond acceptors (Lipinski definition) is 4. The predicted octanol–water partition coefficient (Wildman–Crippen LogP) is 2.30. The molecule has 2 heterocycles. The quantitative estimate of drug-likeness (QED) is 0.888. The van der Waals surface area contributed by atoms with E-state index in [0.717, 1.165) is 44.1 Å². The van der Waals surface area contributed by atoms with Gasteiger partial charge >= 0.3 is 0 Å². The maximum absolute atomic E-state index is 12.5. The summed E-state index contributed by atoms with van der Waals surface area (Å²) in [5.41, 5.74) is 0. The Kier molecular flexibility index (Phi) is 6.10. The van der Waals surface area contributed by atoms with Crippen LogP contribution in [0.25, 0.3) is 0 Å². The Bertz CT molecular complexity index is 584. The first kappa shape index (κ1) is 18.4. The van der Waals surface area contributed by atoms with Crippen LogP contribution in [0.5, 0.6) is 0 Å². The van der Waals surface area contributed by atoms with Gasteiger partial charge in [-0.2, -0.15) is 5.10 Å². The fraction of sp³-hybridized carbons (Fsp3) is 0.842. The highest BCUT2D eigenvalue weighted by molar-refractivity contribution is 5.78. The van der Waals surface area contributed by atoms with Gasteiger partial charge in [0, 0.05) is 19.1 Å². The Morgan fingerprint density at radius 2 is 2.00 bits per heavy atom. The van der Waals surface area contributed by atoms with Gasteiger partial charge in [-0.15, -0.1) is 0 Å². The van der Waals surface area contributed by atoms with Gasteiger partial charge in [-0.3, -0.25) is 9.69 Å². The number of piperidine rings is 1. The van der Waals surface area contributed by atoms with E-state index >= 15 is 0 Å². The number of carbonyl (C=O) groups excluding carboxylic acids is 1. The lowest BCUT2D eigenvalue weighted by atomic mass is 9.86. The zero-order valence-corrected chi connectivity index (χ0v) is 16.0. The Labute approximate surface area is 151 Å². The van der Waals surface area contributed by atoms with E-state index in [-0.39, 0.29) is 5.91 Å². The summed E-state index contributed by atoms with van der Waals surface area (Å²) >= 11 is 0. The summed E-state index contributed by atoms with van der Waals surface area (Å²) in [4.78, 5) is 19.2. The number of nitrogens with zero attached hydrogens (tertiary/aromatic N) is 4. The molecule has 1 aliphatic carbocycles. The SMILES string of the molecule is Cc1nc(C)n(C[C@@H]2CCCN(CC(=O)N[C@@H]3CCCC[C@H]3C)C2)n1. The molecule has 2 fully saturated rings. The van der Waals surface area contributed by atoms with E-state index in [0.29, 0.717) is 24.4 Å². The smallest absolute Gasteiger partial charge is 0.234 e. The monoisotopic (exact) mass is 347 g/mol. The number of amides is 1. The minimum Gasteiger partial charge on any atom is -0.352 e. The lowest BCUT2D eigenvalue weighted by molar-refractivity contribution is -0.124. The molecule has 1 N–H and O–H groups in total. The number of aromatic nitrogens is 3. The normalized spacial score (nSPS) is 28.0. The second-order valence-corrected chi connectivity index (χ2v) is 8.07. The Hall–Kier alpha value is -1.43. The highest BCUT2D eigenvalue weighted by atomic mass is 16.2. The van der Waals surface area contributed by atoms with Crippen molar-refractivity contribution >= 4 is 5.91 Å². The summed E-state index contributed by atoms with van der Waals surface area (Å²) in [6.07, 6.45) is 7.30. The van der Waals surface area contributed by atoms with Gasteiger partial charge in [0.05, 0.1) is 6.54 Å². The van der Waals surface area contributed by atoms with Crippen LogP contribution in [0.1, 0.15) is 57.1 Å². The lowest BCUT2D eigenvalue weighted by Gasteiger charge is -2.34. The van der Waals surface area contributed by atoms with Crippen molar-refractivity contribution in [3.05, 3.63) is 11.6 Å². The molecule has 1 amide bonds. The average molecular weight is 348 g/mol. The zero-order valence-electron chi connectivity index (χ0n) is 16.0. The van der Waals surface area contributed by atoms with Crippen LogP contribution in [0.2, 0.25) is 0 Å². The summed E-state index contributed by atoms with van der Waals surface area (Å²) in [5, 5.41) is 7.77. The highest BCUT2D eigenvalue weighted by Crippen LogP contribution is 2.24. The van der Waals surface area contributed by atoms with Crippen LogP contribution in [0.15, 0.2) is 0 Å². The molecule has 1 aromatic heterocycles. The van der Waals surface area contributed by atoms with E-state index in [1.54, 1.807) is 0 Å². The molecule has 0 bridgehead atoms. The Morgan fingerprint density at radius 3 is 2.72 bits per heavy atom. The molecule has 6 nitrogen and oxygen atoms in total. The van der Waals surface area contributed by atoms with Crippen molar-refractivity contribution in [3.8, 4) is 0 Å². The summed E-state index contributed by atoms with van der Waals surface area (Å²) < 4.78 is 2.02. The van der Waals surface area contributed by atoms with Crippen molar-refractivity contribution < 1.29 is 4.79 Å². The van der Waals surface area contributed by atoms with Gasteiger partial charge in [0.1, 0.15) is 11.6 Å². The first-order chi connectivity index (χ1) is 12.0. The van der Waals surface area contributed by atoms with E-state index in [9.17, 15) is 4.79 Å². The average Bonchev–Trinajstić information content (AvgIpc) is 2.87. The van der Waals surface area contributed by atoms with Crippen LogP contribution in [0.3, 0.4) is 0 Å². The number of carbonyl (C=O) groups is 1. The number of hydrogen-bond donors (Lipinski definition) is 1. The number of nitrogens with one attached hydrogen (secondary N) is 1. The second-order valence-electron chi connectivity index (χ2n) is 8.07. The molecule has 0 spiro atoms. The summed E-state index contributed by atoms with van der Waals surface area (Å²) in [6.45, 7) is 9.67. The summed E-state index contributed by atoms with van der Waals surface area (Å²) in [6, 6.07) is 0.377. The Morgan fingerprint density at radius 1 is 1.20 bits per heavy atom. The van der Waals surface area contributed by atoms with Crippen molar-refractivity contribution in [1.29, 1.82) is 0 Å². The van der Waals surface area contributed by atoms with Crippen molar-refractivity contribution in [2.75, 3.05) is 19.6 Å². The highest BCUT2D eigenvalue weighted by Gasteiger charge is 2.26. The van der Waals surface area contributed by atoms with Crippen LogP contribution in [-0.4, -0.2) is 51.2 Å². The van der Waals surface area contributed by atoms with Gasteiger partial charge in [-0.25, -0.2) is 9.67 Å². The molecule has 1 saturated heterocycles.